The summed E-state index contributed by atoms with van der Waals surface area (Å²) >= 11 is 0. The van der Waals surface area contributed by atoms with E-state index in [1.165, 1.54) is 0 Å². The van der Waals surface area contributed by atoms with Crippen LogP contribution in [-0.4, -0.2) is 15.7 Å². The zero-order valence-corrected chi connectivity index (χ0v) is 17.0. The van der Waals surface area contributed by atoms with Crippen LogP contribution in [0.5, 0.6) is 0 Å². The molecule has 2 heterocycles. The summed E-state index contributed by atoms with van der Waals surface area (Å²) < 4.78 is 7.54. The minimum Gasteiger partial charge on any atom is -0.448 e. The molecule has 0 bridgehead atoms. The Morgan fingerprint density at radius 2 is 1.58 bits per heavy atom. The van der Waals surface area contributed by atoms with Gasteiger partial charge in [0.2, 0.25) is 0 Å². The molecule has 0 aliphatic carbocycles. The smallest absolute Gasteiger partial charge is 0.355 e. The number of ether oxygens (including phenoxy) is 1. The van der Waals surface area contributed by atoms with Gasteiger partial charge in [0, 0.05) is 23.0 Å². The highest BCUT2D eigenvalue weighted by molar-refractivity contribution is 5.94. The zero-order chi connectivity index (χ0) is 21.2. The van der Waals surface area contributed by atoms with Crippen LogP contribution in [0.3, 0.4) is 0 Å². The quantitative estimate of drug-likeness (QED) is 0.448. The van der Waals surface area contributed by atoms with E-state index in [0.717, 1.165) is 33.8 Å². The second-order valence-electron chi connectivity index (χ2n) is 7.48. The molecule has 1 aliphatic rings. The Bertz CT molecular complexity index is 1240. The number of hydrogen-bond donors (Lipinski definition) is 1. The summed E-state index contributed by atoms with van der Waals surface area (Å²) in [6.07, 6.45) is 3.23. The molecule has 0 amide bonds. The Morgan fingerprint density at radius 1 is 0.903 bits per heavy atom. The third-order valence-electron chi connectivity index (χ3n) is 5.22. The standard InChI is InChI=1S/C26H21N3O2/c1-18-12-14-20(15-13-18)27-23-16-24(31-26(23)30)22-17-29(21-10-6-3-7-11-21)28-25(22)19-8-4-2-5-9-19/h2-17,24,27H,1H3. The molecule has 0 radical (unpaired) electrons. The van der Waals surface area contributed by atoms with Gasteiger partial charge in [-0.15, -0.1) is 0 Å². The summed E-state index contributed by atoms with van der Waals surface area (Å²) in [4.78, 5) is 12.6. The van der Waals surface area contributed by atoms with Crippen molar-refractivity contribution in [2.75, 3.05) is 5.32 Å². The van der Waals surface area contributed by atoms with Crippen molar-refractivity contribution in [3.63, 3.8) is 0 Å². The molecule has 1 aliphatic heterocycles. The predicted molar refractivity (Wildman–Crippen MR) is 121 cm³/mol. The molecule has 0 saturated carbocycles. The van der Waals surface area contributed by atoms with Crippen molar-refractivity contribution in [3.05, 3.63) is 114 Å². The van der Waals surface area contributed by atoms with E-state index in [0.29, 0.717) is 5.70 Å². The number of para-hydroxylation sites is 1. The van der Waals surface area contributed by atoms with E-state index in [1.54, 1.807) is 0 Å². The van der Waals surface area contributed by atoms with Crippen LogP contribution in [0.2, 0.25) is 0 Å². The van der Waals surface area contributed by atoms with Gasteiger partial charge in [0.25, 0.3) is 0 Å². The Kier molecular flexibility index (Phi) is 4.84. The monoisotopic (exact) mass is 407 g/mol. The average molecular weight is 407 g/mol. The third-order valence-corrected chi connectivity index (χ3v) is 5.22. The Balaban J connectivity index is 1.53. The predicted octanol–water partition coefficient (Wildman–Crippen LogP) is 5.44. The van der Waals surface area contributed by atoms with E-state index in [1.807, 2.05) is 109 Å². The van der Waals surface area contributed by atoms with Gasteiger partial charge in [-0.25, -0.2) is 9.48 Å². The van der Waals surface area contributed by atoms with Gasteiger partial charge in [0.05, 0.1) is 11.4 Å². The van der Waals surface area contributed by atoms with Gasteiger partial charge in [-0.1, -0.05) is 66.2 Å². The second kappa shape index (κ2) is 7.95. The number of cyclic esters (lactones) is 1. The first-order chi connectivity index (χ1) is 15.2. The number of aryl methyl sites for hydroxylation is 1. The second-order valence-corrected chi connectivity index (χ2v) is 7.48. The molecule has 152 valence electrons. The summed E-state index contributed by atoms with van der Waals surface area (Å²) in [6, 6.07) is 27.7. The lowest BCUT2D eigenvalue weighted by Crippen LogP contribution is -2.08. The van der Waals surface area contributed by atoms with Crippen LogP contribution in [0, 0.1) is 6.92 Å². The van der Waals surface area contributed by atoms with E-state index in [9.17, 15) is 4.79 Å². The fourth-order valence-corrected chi connectivity index (χ4v) is 3.60. The van der Waals surface area contributed by atoms with Gasteiger partial charge >= 0.3 is 5.97 Å². The summed E-state index contributed by atoms with van der Waals surface area (Å²) in [5.41, 5.74) is 5.97. The summed E-state index contributed by atoms with van der Waals surface area (Å²) in [7, 11) is 0. The topological polar surface area (TPSA) is 56.1 Å². The summed E-state index contributed by atoms with van der Waals surface area (Å²) in [5.74, 6) is -0.378. The van der Waals surface area contributed by atoms with E-state index in [4.69, 9.17) is 9.84 Å². The van der Waals surface area contributed by atoms with Crippen LogP contribution in [0.4, 0.5) is 5.69 Å². The molecule has 5 heteroatoms. The van der Waals surface area contributed by atoms with Crippen LogP contribution in [0.25, 0.3) is 16.9 Å². The highest BCUT2D eigenvalue weighted by Crippen LogP contribution is 2.35. The van der Waals surface area contributed by atoms with Crippen LogP contribution < -0.4 is 5.32 Å². The van der Waals surface area contributed by atoms with E-state index in [-0.39, 0.29) is 5.97 Å². The zero-order valence-electron chi connectivity index (χ0n) is 17.0. The number of nitrogens with one attached hydrogen (secondary N) is 1. The van der Waals surface area contributed by atoms with Gasteiger partial charge in [0.1, 0.15) is 5.70 Å². The maximum Gasteiger partial charge on any atom is 0.355 e. The average Bonchev–Trinajstić information content (AvgIpc) is 3.41. The number of hydrogen-bond acceptors (Lipinski definition) is 4. The first-order valence-corrected chi connectivity index (χ1v) is 10.1. The van der Waals surface area contributed by atoms with Gasteiger partial charge < -0.3 is 10.1 Å². The van der Waals surface area contributed by atoms with E-state index >= 15 is 0 Å². The molecule has 0 saturated heterocycles. The minimum absolute atomic E-state index is 0.378. The molecule has 1 atom stereocenters. The fraction of sp³-hybridized carbons (Fsp3) is 0.0769. The number of benzene rings is 3. The molecule has 4 aromatic rings. The first kappa shape index (κ1) is 18.9. The SMILES string of the molecule is Cc1ccc(NC2=CC(c3cn(-c4ccccc4)nc3-c3ccccc3)OC2=O)cc1. The molecule has 5 nitrogen and oxygen atoms in total. The van der Waals surface area contributed by atoms with Gasteiger partial charge in [-0.2, -0.15) is 5.10 Å². The molecule has 0 fully saturated rings. The van der Waals surface area contributed by atoms with Crippen LogP contribution in [0.1, 0.15) is 17.2 Å². The molecule has 1 aromatic heterocycles. The Labute approximate surface area is 180 Å². The number of carbonyl (C=O) groups excluding carboxylic acids is 1. The first-order valence-electron chi connectivity index (χ1n) is 10.1. The molecular formula is C26H21N3O2. The number of esters is 1. The molecule has 1 N–H and O–H groups in total. The molecule has 5 rings (SSSR count). The van der Waals surface area contributed by atoms with Crippen molar-refractivity contribution in [2.24, 2.45) is 0 Å². The highest BCUT2D eigenvalue weighted by atomic mass is 16.5. The van der Waals surface area contributed by atoms with Gasteiger partial charge in [-0.05, 0) is 37.3 Å². The van der Waals surface area contributed by atoms with Crippen molar-refractivity contribution in [2.45, 2.75) is 13.0 Å². The molecule has 3 aromatic carbocycles. The van der Waals surface area contributed by atoms with Gasteiger partial charge in [-0.3, -0.25) is 0 Å². The van der Waals surface area contributed by atoms with Gasteiger partial charge in [0.15, 0.2) is 6.10 Å². The van der Waals surface area contributed by atoms with E-state index in [2.05, 4.69) is 5.32 Å². The normalized spacial score (nSPS) is 15.5. The van der Waals surface area contributed by atoms with Crippen molar-refractivity contribution in [1.29, 1.82) is 0 Å². The Hall–Kier alpha value is -4.12. The lowest BCUT2D eigenvalue weighted by Gasteiger charge is -2.08. The van der Waals surface area contributed by atoms with Crippen molar-refractivity contribution in [1.82, 2.24) is 9.78 Å². The number of carbonyl (C=O) groups is 1. The number of rotatable bonds is 5. The Morgan fingerprint density at radius 3 is 2.29 bits per heavy atom. The largest absolute Gasteiger partial charge is 0.448 e. The number of anilines is 1. The minimum atomic E-state index is -0.520. The van der Waals surface area contributed by atoms with Crippen LogP contribution in [-0.2, 0) is 9.53 Å². The molecular weight excluding hydrogens is 386 g/mol. The highest BCUT2D eigenvalue weighted by Gasteiger charge is 2.30. The summed E-state index contributed by atoms with van der Waals surface area (Å²) in [6.45, 7) is 2.03. The fourth-order valence-electron chi connectivity index (χ4n) is 3.60. The third kappa shape index (κ3) is 3.85. The number of nitrogens with zero attached hydrogens (tertiary/aromatic N) is 2. The molecule has 31 heavy (non-hydrogen) atoms. The van der Waals surface area contributed by atoms with Crippen LogP contribution >= 0.6 is 0 Å². The van der Waals surface area contributed by atoms with Crippen molar-refractivity contribution in [3.8, 4) is 16.9 Å². The maximum absolute atomic E-state index is 12.6. The lowest BCUT2D eigenvalue weighted by atomic mass is 10.0. The lowest BCUT2D eigenvalue weighted by molar-refractivity contribution is -0.139. The van der Waals surface area contributed by atoms with Crippen molar-refractivity contribution < 1.29 is 9.53 Å². The van der Waals surface area contributed by atoms with Crippen LogP contribution in [0.15, 0.2) is 103 Å². The molecule has 0 spiro atoms. The summed E-state index contributed by atoms with van der Waals surface area (Å²) in [5, 5.41) is 7.99. The number of aromatic nitrogens is 2. The van der Waals surface area contributed by atoms with Crippen molar-refractivity contribution >= 4 is 11.7 Å². The van der Waals surface area contributed by atoms with E-state index < -0.39 is 6.10 Å². The maximum atomic E-state index is 12.6. The molecule has 1 unspecified atom stereocenters.